The number of hydrogen-bond donors (Lipinski definition) is 1. The summed E-state index contributed by atoms with van der Waals surface area (Å²) in [6.07, 6.45) is 7.12. The Labute approximate surface area is 110 Å². The van der Waals surface area contributed by atoms with E-state index in [9.17, 15) is 0 Å². The van der Waals surface area contributed by atoms with E-state index in [1.54, 1.807) is 0 Å². The van der Waals surface area contributed by atoms with Crippen LogP contribution in [0.1, 0.15) is 39.0 Å². The first kappa shape index (κ1) is 12.3. The Morgan fingerprint density at radius 1 is 1.24 bits per heavy atom. The molecule has 0 aromatic rings. The first-order chi connectivity index (χ1) is 8.36. The number of nitrogens with zero attached hydrogens (tertiary/aromatic N) is 1. The van der Waals surface area contributed by atoms with Crippen LogP contribution in [0.2, 0.25) is 0 Å². The molecule has 2 aliphatic carbocycles. The second-order valence-corrected chi connectivity index (χ2v) is 7.39. The number of rotatable bonds is 5. The van der Waals surface area contributed by atoms with Gasteiger partial charge in [0.15, 0.2) is 0 Å². The fraction of sp³-hybridized carbons (Fsp3) is 1.00. The van der Waals surface area contributed by atoms with Gasteiger partial charge in [0.2, 0.25) is 0 Å². The van der Waals surface area contributed by atoms with Crippen molar-refractivity contribution in [2.24, 2.45) is 5.92 Å². The van der Waals surface area contributed by atoms with Crippen LogP contribution in [0.3, 0.4) is 0 Å². The third-order valence-corrected chi connectivity index (χ3v) is 6.09. The van der Waals surface area contributed by atoms with Gasteiger partial charge in [-0.05, 0) is 44.6 Å². The van der Waals surface area contributed by atoms with Gasteiger partial charge in [0.05, 0.1) is 0 Å². The predicted molar refractivity (Wildman–Crippen MR) is 75.6 cm³/mol. The smallest absolute Gasteiger partial charge is 0.0172 e. The Morgan fingerprint density at radius 3 is 2.76 bits per heavy atom. The summed E-state index contributed by atoms with van der Waals surface area (Å²) in [5, 5.41) is 4.62. The molecule has 3 aliphatic rings. The van der Waals surface area contributed by atoms with Crippen LogP contribution in [0, 0.1) is 5.92 Å². The van der Waals surface area contributed by atoms with Crippen LogP contribution < -0.4 is 5.32 Å². The molecular formula is C14H26N2S. The average molecular weight is 254 g/mol. The van der Waals surface area contributed by atoms with Crippen molar-refractivity contribution in [2.75, 3.05) is 25.4 Å². The molecule has 1 N–H and O–H groups in total. The van der Waals surface area contributed by atoms with E-state index < -0.39 is 0 Å². The Balaban J connectivity index is 1.45. The molecule has 0 bridgehead atoms. The fourth-order valence-electron chi connectivity index (χ4n) is 3.17. The molecule has 3 rings (SSSR count). The lowest BCUT2D eigenvalue weighted by Crippen LogP contribution is -2.54. The van der Waals surface area contributed by atoms with Gasteiger partial charge >= 0.3 is 0 Å². The normalized spacial score (nSPS) is 39.0. The van der Waals surface area contributed by atoms with Crippen molar-refractivity contribution >= 4 is 11.8 Å². The van der Waals surface area contributed by atoms with Crippen molar-refractivity contribution in [2.45, 2.75) is 56.4 Å². The average Bonchev–Trinajstić information content (AvgIpc) is 3.12. The molecule has 3 unspecified atom stereocenters. The molecule has 2 nitrogen and oxygen atoms in total. The highest BCUT2D eigenvalue weighted by molar-refractivity contribution is 8.00. The van der Waals surface area contributed by atoms with Gasteiger partial charge in [0.25, 0.3) is 0 Å². The van der Waals surface area contributed by atoms with E-state index in [1.807, 2.05) is 0 Å². The molecule has 0 aromatic heterocycles. The molecule has 0 spiro atoms. The Hall–Kier alpha value is 0.270. The van der Waals surface area contributed by atoms with Gasteiger partial charge in [-0.1, -0.05) is 6.92 Å². The van der Waals surface area contributed by atoms with Gasteiger partial charge in [0, 0.05) is 36.2 Å². The van der Waals surface area contributed by atoms with Gasteiger partial charge in [-0.2, -0.15) is 11.8 Å². The molecule has 0 amide bonds. The monoisotopic (exact) mass is 254 g/mol. The number of nitrogens with one attached hydrogen (secondary N) is 1. The van der Waals surface area contributed by atoms with Crippen LogP contribution in [0.25, 0.3) is 0 Å². The third-order valence-electron chi connectivity index (χ3n) is 4.72. The lowest BCUT2D eigenvalue weighted by Gasteiger charge is -2.47. The summed E-state index contributed by atoms with van der Waals surface area (Å²) >= 11 is 2.19. The maximum atomic E-state index is 3.72. The summed E-state index contributed by atoms with van der Waals surface area (Å²) in [5.74, 6) is 2.31. The van der Waals surface area contributed by atoms with Crippen LogP contribution in [0.4, 0.5) is 0 Å². The molecule has 1 heterocycles. The fourth-order valence-corrected chi connectivity index (χ4v) is 4.37. The summed E-state index contributed by atoms with van der Waals surface area (Å²) in [5.41, 5.74) is 0. The second kappa shape index (κ2) is 5.50. The SMILES string of the molecule is CCC1CN(C2CCC2CNC2CC2)CCS1. The van der Waals surface area contributed by atoms with Gasteiger partial charge in [-0.3, -0.25) is 4.90 Å². The van der Waals surface area contributed by atoms with Crippen molar-refractivity contribution in [3.8, 4) is 0 Å². The molecule has 0 radical (unpaired) electrons. The zero-order chi connectivity index (χ0) is 11.7. The summed E-state index contributed by atoms with van der Waals surface area (Å²) in [6, 6.07) is 1.80. The largest absolute Gasteiger partial charge is 0.314 e. The maximum Gasteiger partial charge on any atom is 0.0172 e. The third kappa shape index (κ3) is 2.99. The molecule has 98 valence electrons. The molecule has 3 atom stereocenters. The lowest BCUT2D eigenvalue weighted by molar-refractivity contribution is 0.0641. The predicted octanol–water partition coefficient (Wildman–Crippen LogP) is 2.34. The number of hydrogen-bond acceptors (Lipinski definition) is 3. The van der Waals surface area contributed by atoms with Crippen LogP contribution in [-0.4, -0.2) is 47.6 Å². The summed E-state index contributed by atoms with van der Waals surface area (Å²) in [4.78, 5) is 2.80. The molecule has 17 heavy (non-hydrogen) atoms. The van der Waals surface area contributed by atoms with Crippen LogP contribution >= 0.6 is 11.8 Å². The Kier molecular flexibility index (Phi) is 3.98. The first-order valence-electron chi connectivity index (χ1n) is 7.46. The van der Waals surface area contributed by atoms with Gasteiger partial charge in [-0.15, -0.1) is 0 Å². The van der Waals surface area contributed by atoms with Crippen molar-refractivity contribution in [1.29, 1.82) is 0 Å². The molecule has 1 aliphatic heterocycles. The summed E-state index contributed by atoms with van der Waals surface area (Å²) in [7, 11) is 0. The van der Waals surface area contributed by atoms with Crippen LogP contribution in [0.5, 0.6) is 0 Å². The first-order valence-corrected chi connectivity index (χ1v) is 8.50. The van der Waals surface area contributed by atoms with E-state index in [-0.39, 0.29) is 0 Å². The van der Waals surface area contributed by atoms with E-state index in [1.165, 1.54) is 57.5 Å². The molecule has 3 fully saturated rings. The van der Waals surface area contributed by atoms with Crippen molar-refractivity contribution in [3.63, 3.8) is 0 Å². The van der Waals surface area contributed by atoms with E-state index in [0.717, 1.165) is 23.3 Å². The molecular weight excluding hydrogens is 228 g/mol. The van der Waals surface area contributed by atoms with Gasteiger partial charge in [-0.25, -0.2) is 0 Å². The van der Waals surface area contributed by atoms with E-state index in [0.29, 0.717) is 0 Å². The highest BCUT2D eigenvalue weighted by Crippen LogP contribution is 2.35. The summed E-state index contributed by atoms with van der Waals surface area (Å²) in [6.45, 7) is 6.32. The lowest BCUT2D eigenvalue weighted by atomic mass is 9.78. The minimum Gasteiger partial charge on any atom is -0.314 e. The minimum absolute atomic E-state index is 0.886. The number of thioether (sulfide) groups is 1. The topological polar surface area (TPSA) is 15.3 Å². The zero-order valence-electron chi connectivity index (χ0n) is 11.0. The Bertz CT molecular complexity index is 255. The highest BCUT2D eigenvalue weighted by Gasteiger charge is 2.37. The molecule has 0 aromatic carbocycles. The maximum absolute atomic E-state index is 3.72. The van der Waals surface area contributed by atoms with E-state index >= 15 is 0 Å². The van der Waals surface area contributed by atoms with Gasteiger partial charge < -0.3 is 5.32 Å². The zero-order valence-corrected chi connectivity index (χ0v) is 11.8. The minimum atomic E-state index is 0.886. The van der Waals surface area contributed by atoms with Crippen molar-refractivity contribution in [3.05, 3.63) is 0 Å². The van der Waals surface area contributed by atoms with Crippen LogP contribution in [-0.2, 0) is 0 Å². The van der Waals surface area contributed by atoms with Gasteiger partial charge in [0.1, 0.15) is 0 Å². The van der Waals surface area contributed by atoms with Crippen molar-refractivity contribution < 1.29 is 0 Å². The highest BCUT2D eigenvalue weighted by atomic mass is 32.2. The van der Waals surface area contributed by atoms with E-state index in [2.05, 4.69) is 28.9 Å². The second-order valence-electron chi connectivity index (χ2n) is 5.98. The standard InChI is InChI=1S/C14H26N2S/c1-2-13-10-16(7-8-17-13)14-6-3-11(14)9-15-12-4-5-12/h11-15H,2-10H2,1H3. The quantitative estimate of drug-likeness (QED) is 0.811. The van der Waals surface area contributed by atoms with Crippen LogP contribution in [0.15, 0.2) is 0 Å². The summed E-state index contributed by atoms with van der Waals surface area (Å²) < 4.78 is 0. The Morgan fingerprint density at radius 2 is 2.12 bits per heavy atom. The van der Waals surface area contributed by atoms with Crippen molar-refractivity contribution in [1.82, 2.24) is 10.2 Å². The molecule has 3 heteroatoms. The molecule has 1 saturated heterocycles. The van der Waals surface area contributed by atoms with E-state index in [4.69, 9.17) is 0 Å². The molecule has 2 saturated carbocycles.